The maximum absolute atomic E-state index is 4.46. The van der Waals surface area contributed by atoms with E-state index in [-0.39, 0.29) is 0 Å². The van der Waals surface area contributed by atoms with Gasteiger partial charge in [0.1, 0.15) is 0 Å². The zero-order valence-electron chi connectivity index (χ0n) is 13.0. The van der Waals surface area contributed by atoms with Gasteiger partial charge < -0.3 is 5.32 Å². The Bertz CT molecular complexity index is 400. The second kappa shape index (κ2) is 6.56. The maximum atomic E-state index is 4.46. The maximum Gasteiger partial charge on any atom is 0.0641 e. The van der Waals surface area contributed by atoms with E-state index in [0.29, 0.717) is 0 Å². The Balaban J connectivity index is 1.69. The predicted molar refractivity (Wildman–Crippen MR) is 80.1 cm³/mol. The molecule has 19 heavy (non-hydrogen) atoms. The van der Waals surface area contributed by atoms with E-state index in [2.05, 4.69) is 31.2 Å². The van der Waals surface area contributed by atoms with Crippen molar-refractivity contribution in [3.05, 3.63) is 17.0 Å². The van der Waals surface area contributed by atoms with Crippen LogP contribution in [0.1, 0.15) is 56.0 Å². The summed E-state index contributed by atoms with van der Waals surface area (Å²) in [4.78, 5) is 0. The fourth-order valence-electron chi connectivity index (χ4n) is 3.21. The highest BCUT2D eigenvalue weighted by molar-refractivity contribution is 5.23. The van der Waals surface area contributed by atoms with Gasteiger partial charge in [-0.25, -0.2) is 0 Å². The summed E-state index contributed by atoms with van der Waals surface area (Å²) in [5, 5.41) is 8.07. The normalized spacial score (nSPS) is 23.8. The van der Waals surface area contributed by atoms with E-state index >= 15 is 0 Å². The molecule has 3 nitrogen and oxygen atoms in total. The first-order valence-corrected chi connectivity index (χ1v) is 7.77. The summed E-state index contributed by atoms with van der Waals surface area (Å²) in [6.45, 7) is 8.76. The van der Waals surface area contributed by atoms with Crippen LogP contribution in [0, 0.1) is 25.7 Å². The molecular formula is C16H29N3. The van der Waals surface area contributed by atoms with E-state index in [1.807, 2.05) is 11.7 Å². The minimum atomic E-state index is 0.958. The van der Waals surface area contributed by atoms with Gasteiger partial charge in [-0.2, -0.15) is 5.10 Å². The van der Waals surface area contributed by atoms with E-state index in [4.69, 9.17) is 0 Å². The van der Waals surface area contributed by atoms with Crippen LogP contribution in [0.4, 0.5) is 0 Å². The van der Waals surface area contributed by atoms with Crippen molar-refractivity contribution < 1.29 is 0 Å². The van der Waals surface area contributed by atoms with Crippen molar-refractivity contribution in [2.24, 2.45) is 18.9 Å². The first kappa shape index (κ1) is 14.6. The highest BCUT2D eigenvalue weighted by Crippen LogP contribution is 2.29. The van der Waals surface area contributed by atoms with Gasteiger partial charge in [-0.05, 0) is 38.6 Å². The van der Waals surface area contributed by atoms with Crippen LogP contribution in [0.3, 0.4) is 0 Å². The second-order valence-electron chi connectivity index (χ2n) is 6.36. The summed E-state index contributed by atoms with van der Waals surface area (Å²) in [5.74, 6) is 1.92. The third-order valence-corrected chi connectivity index (χ3v) is 4.83. The minimum absolute atomic E-state index is 0.958. The van der Waals surface area contributed by atoms with Gasteiger partial charge in [-0.3, -0.25) is 4.68 Å². The highest BCUT2D eigenvalue weighted by Gasteiger charge is 2.17. The number of nitrogens with one attached hydrogen (secondary N) is 1. The molecule has 0 atom stereocenters. The van der Waals surface area contributed by atoms with Gasteiger partial charge in [0.15, 0.2) is 0 Å². The number of hydrogen-bond acceptors (Lipinski definition) is 2. The molecule has 1 aliphatic rings. The summed E-state index contributed by atoms with van der Waals surface area (Å²) < 4.78 is 1.98. The van der Waals surface area contributed by atoms with Crippen molar-refractivity contribution in [2.75, 3.05) is 6.54 Å². The van der Waals surface area contributed by atoms with Gasteiger partial charge in [-0.15, -0.1) is 0 Å². The number of hydrogen-bond donors (Lipinski definition) is 1. The summed E-state index contributed by atoms with van der Waals surface area (Å²) >= 11 is 0. The van der Waals surface area contributed by atoms with Gasteiger partial charge in [0.05, 0.1) is 5.69 Å². The molecule has 0 aliphatic heterocycles. The van der Waals surface area contributed by atoms with Crippen molar-refractivity contribution in [1.82, 2.24) is 15.1 Å². The fraction of sp³-hybridized carbons (Fsp3) is 0.812. The molecule has 1 aromatic heterocycles. The predicted octanol–water partition coefficient (Wildman–Crippen LogP) is 3.34. The lowest BCUT2D eigenvalue weighted by Crippen LogP contribution is -2.21. The van der Waals surface area contributed by atoms with Crippen molar-refractivity contribution in [1.29, 1.82) is 0 Å². The Morgan fingerprint density at radius 3 is 2.47 bits per heavy atom. The molecule has 0 radical (unpaired) electrons. The molecule has 1 saturated carbocycles. The number of aryl methyl sites for hydroxylation is 2. The first-order chi connectivity index (χ1) is 9.08. The molecule has 0 bridgehead atoms. The first-order valence-electron chi connectivity index (χ1n) is 7.77. The topological polar surface area (TPSA) is 29.9 Å². The second-order valence-corrected chi connectivity index (χ2v) is 6.36. The lowest BCUT2D eigenvalue weighted by molar-refractivity contribution is 0.275. The lowest BCUT2D eigenvalue weighted by Gasteiger charge is -2.26. The molecule has 1 aliphatic carbocycles. The molecule has 0 saturated heterocycles. The Kier molecular flexibility index (Phi) is 5.03. The quantitative estimate of drug-likeness (QED) is 0.826. The average molecular weight is 263 g/mol. The van der Waals surface area contributed by atoms with Crippen LogP contribution in [0.25, 0.3) is 0 Å². The monoisotopic (exact) mass is 263 g/mol. The SMILES string of the molecule is Cc1nn(C)c(C)c1CNCCC1CCC(C)CC1. The van der Waals surface area contributed by atoms with Gasteiger partial charge in [0.25, 0.3) is 0 Å². The van der Waals surface area contributed by atoms with Crippen molar-refractivity contribution in [3.63, 3.8) is 0 Å². The van der Waals surface area contributed by atoms with E-state index in [1.165, 1.54) is 49.1 Å². The minimum Gasteiger partial charge on any atom is -0.313 e. The molecule has 0 unspecified atom stereocenters. The molecule has 0 amide bonds. The Morgan fingerprint density at radius 2 is 1.89 bits per heavy atom. The Morgan fingerprint density at radius 1 is 1.21 bits per heavy atom. The van der Waals surface area contributed by atoms with Crippen LogP contribution in [0.5, 0.6) is 0 Å². The zero-order chi connectivity index (χ0) is 13.8. The van der Waals surface area contributed by atoms with E-state index in [9.17, 15) is 0 Å². The summed E-state index contributed by atoms with van der Waals surface area (Å²) in [7, 11) is 2.02. The average Bonchev–Trinajstić information content (AvgIpc) is 2.62. The van der Waals surface area contributed by atoms with E-state index < -0.39 is 0 Å². The van der Waals surface area contributed by atoms with E-state index in [0.717, 1.165) is 24.9 Å². The van der Waals surface area contributed by atoms with Gasteiger partial charge in [0, 0.05) is 24.8 Å². The molecule has 1 fully saturated rings. The molecule has 1 N–H and O–H groups in total. The molecule has 1 heterocycles. The Hall–Kier alpha value is -0.830. The molecule has 108 valence electrons. The number of aromatic nitrogens is 2. The number of rotatable bonds is 5. The molecule has 0 spiro atoms. The smallest absolute Gasteiger partial charge is 0.0641 e. The third-order valence-electron chi connectivity index (χ3n) is 4.83. The molecular weight excluding hydrogens is 234 g/mol. The molecule has 3 heteroatoms. The standard InChI is InChI=1S/C16H29N3/c1-12-5-7-15(8-6-12)9-10-17-11-16-13(2)18-19(4)14(16)3/h12,15,17H,5-11H2,1-4H3. The lowest BCUT2D eigenvalue weighted by atomic mass is 9.81. The largest absolute Gasteiger partial charge is 0.313 e. The summed E-state index contributed by atoms with van der Waals surface area (Å²) in [6, 6.07) is 0. The summed E-state index contributed by atoms with van der Waals surface area (Å²) in [6.07, 6.45) is 7.09. The van der Waals surface area contributed by atoms with Crippen LogP contribution in [0.15, 0.2) is 0 Å². The van der Waals surface area contributed by atoms with Crippen LogP contribution in [-0.2, 0) is 13.6 Å². The van der Waals surface area contributed by atoms with Crippen molar-refractivity contribution in [3.8, 4) is 0 Å². The molecule has 0 aromatic carbocycles. The van der Waals surface area contributed by atoms with Gasteiger partial charge in [-0.1, -0.05) is 32.6 Å². The van der Waals surface area contributed by atoms with Crippen LogP contribution < -0.4 is 5.32 Å². The van der Waals surface area contributed by atoms with Crippen LogP contribution >= 0.6 is 0 Å². The van der Waals surface area contributed by atoms with Crippen LogP contribution in [-0.4, -0.2) is 16.3 Å². The summed E-state index contributed by atoms with van der Waals surface area (Å²) in [5.41, 5.74) is 3.83. The van der Waals surface area contributed by atoms with Gasteiger partial charge in [0.2, 0.25) is 0 Å². The molecule has 2 rings (SSSR count). The molecule has 1 aromatic rings. The van der Waals surface area contributed by atoms with Crippen molar-refractivity contribution >= 4 is 0 Å². The third kappa shape index (κ3) is 3.82. The van der Waals surface area contributed by atoms with Crippen LogP contribution in [0.2, 0.25) is 0 Å². The highest BCUT2D eigenvalue weighted by atomic mass is 15.3. The van der Waals surface area contributed by atoms with Crippen molar-refractivity contribution in [2.45, 2.75) is 59.4 Å². The zero-order valence-corrected chi connectivity index (χ0v) is 13.0. The number of nitrogens with zero attached hydrogens (tertiary/aromatic N) is 2. The van der Waals surface area contributed by atoms with Gasteiger partial charge >= 0.3 is 0 Å². The van der Waals surface area contributed by atoms with E-state index in [1.54, 1.807) is 0 Å². The Labute approximate surface area is 117 Å². The fourth-order valence-corrected chi connectivity index (χ4v) is 3.21.